The van der Waals surface area contributed by atoms with Crippen molar-refractivity contribution in [1.29, 1.82) is 0 Å². The third kappa shape index (κ3) is 2.46. The Labute approximate surface area is 125 Å². The molecule has 0 atom stereocenters. The predicted octanol–water partition coefficient (Wildman–Crippen LogP) is 0.497. The molecule has 0 aliphatic rings. The molecular formula is C13H12N4O4S. The maximum atomic E-state index is 11.6. The van der Waals surface area contributed by atoms with E-state index in [0.29, 0.717) is 22.7 Å². The topological polar surface area (TPSA) is 106 Å². The minimum atomic E-state index is -3.33. The van der Waals surface area contributed by atoms with Crippen molar-refractivity contribution < 1.29 is 13.2 Å². The molecule has 8 nitrogen and oxygen atoms in total. The Morgan fingerprint density at radius 1 is 1.32 bits per heavy atom. The van der Waals surface area contributed by atoms with E-state index in [9.17, 15) is 13.2 Å². The van der Waals surface area contributed by atoms with Crippen LogP contribution in [0.2, 0.25) is 0 Å². The van der Waals surface area contributed by atoms with Crippen LogP contribution in [0.4, 0.5) is 0 Å². The summed E-state index contributed by atoms with van der Waals surface area (Å²) in [6, 6.07) is 4.54. The molecule has 0 spiro atoms. The van der Waals surface area contributed by atoms with Crippen molar-refractivity contribution in [3.05, 3.63) is 41.1 Å². The van der Waals surface area contributed by atoms with Gasteiger partial charge in [0.1, 0.15) is 5.75 Å². The summed E-state index contributed by atoms with van der Waals surface area (Å²) in [4.78, 5) is 19.3. The molecule has 1 N–H and O–H groups in total. The Morgan fingerprint density at radius 2 is 2.09 bits per heavy atom. The lowest BCUT2D eigenvalue weighted by Gasteiger charge is -2.08. The van der Waals surface area contributed by atoms with E-state index in [1.165, 1.54) is 30.0 Å². The highest BCUT2D eigenvalue weighted by Crippen LogP contribution is 2.31. The second-order valence-electron chi connectivity index (χ2n) is 4.66. The van der Waals surface area contributed by atoms with Crippen molar-refractivity contribution in [2.45, 2.75) is 4.90 Å². The second kappa shape index (κ2) is 4.95. The number of fused-ring (bicyclic) bond motifs is 1. The third-order valence-electron chi connectivity index (χ3n) is 3.12. The molecule has 114 valence electrons. The van der Waals surface area contributed by atoms with Gasteiger partial charge in [-0.2, -0.15) is 4.98 Å². The van der Waals surface area contributed by atoms with Gasteiger partial charge in [-0.1, -0.05) is 0 Å². The molecule has 2 aromatic heterocycles. The van der Waals surface area contributed by atoms with Gasteiger partial charge in [-0.15, -0.1) is 0 Å². The molecule has 22 heavy (non-hydrogen) atoms. The zero-order valence-electron chi connectivity index (χ0n) is 11.8. The number of sulfone groups is 1. The quantitative estimate of drug-likeness (QED) is 0.753. The Balaban J connectivity index is 2.19. The van der Waals surface area contributed by atoms with Crippen molar-refractivity contribution in [3.8, 4) is 17.0 Å². The fraction of sp³-hybridized carbons (Fsp3) is 0.154. The standard InChI is InChI=1S/C13H12N4O4S/c1-21-11-5-8(22(2,19)20)3-4-9(11)10-7-17-12(15-10)6-14-13(18)16-17/h3-7H,1-2H3,(H,16,18). The number of benzene rings is 1. The minimum Gasteiger partial charge on any atom is -0.496 e. The van der Waals surface area contributed by atoms with Crippen LogP contribution in [0, 0.1) is 0 Å². The van der Waals surface area contributed by atoms with E-state index in [0.717, 1.165) is 6.26 Å². The van der Waals surface area contributed by atoms with E-state index in [1.54, 1.807) is 12.3 Å². The van der Waals surface area contributed by atoms with E-state index >= 15 is 0 Å². The molecule has 2 heterocycles. The van der Waals surface area contributed by atoms with E-state index in [4.69, 9.17) is 4.74 Å². The summed E-state index contributed by atoms with van der Waals surface area (Å²) in [5.41, 5.74) is 1.11. The lowest BCUT2D eigenvalue weighted by atomic mass is 10.1. The molecule has 1 aromatic carbocycles. The molecule has 0 unspecified atom stereocenters. The predicted molar refractivity (Wildman–Crippen MR) is 78.7 cm³/mol. The molecule has 0 aliphatic carbocycles. The average Bonchev–Trinajstić information content (AvgIpc) is 2.88. The van der Waals surface area contributed by atoms with Crippen LogP contribution in [0.25, 0.3) is 16.9 Å². The number of nitrogens with one attached hydrogen (secondary N) is 1. The maximum absolute atomic E-state index is 11.6. The van der Waals surface area contributed by atoms with Gasteiger partial charge < -0.3 is 4.74 Å². The smallest absolute Gasteiger partial charge is 0.360 e. The van der Waals surface area contributed by atoms with Crippen LogP contribution >= 0.6 is 0 Å². The second-order valence-corrected chi connectivity index (χ2v) is 6.68. The number of imidazole rings is 1. The number of aromatic amines is 1. The first-order valence-electron chi connectivity index (χ1n) is 6.21. The van der Waals surface area contributed by atoms with Crippen LogP contribution in [0.15, 0.2) is 40.3 Å². The van der Waals surface area contributed by atoms with Crippen LogP contribution in [0.1, 0.15) is 0 Å². The molecule has 0 amide bonds. The molecule has 0 radical (unpaired) electrons. The summed E-state index contributed by atoms with van der Waals surface area (Å²) in [6.07, 6.45) is 4.08. The first kappa shape index (κ1) is 14.3. The van der Waals surface area contributed by atoms with Crippen LogP contribution in [-0.2, 0) is 9.84 Å². The number of nitrogens with zero attached hydrogens (tertiary/aromatic N) is 3. The number of H-pyrrole nitrogens is 1. The number of ether oxygens (including phenoxy) is 1. The summed E-state index contributed by atoms with van der Waals surface area (Å²) in [5.74, 6) is 0.377. The number of methoxy groups -OCH3 is 1. The zero-order chi connectivity index (χ0) is 15.9. The number of aromatic nitrogens is 4. The Hall–Kier alpha value is -2.68. The highest BCUT2D eigenvalue weighted by Gasteiger charge is 2.15. The molecular weight excluding hydrogens is 308 g/mol. The van der Waals surface area contributed by atoms with Gasteiger partial charge in [-0.3, -0.25) is 0 Å². The fourth-order valence-corrected chi connectivity index (χ4v) is 2.70. The molecule has 0 saturated heterocycles. The molecule has 0 bridgehead atoms. The van der Waals surface area contributed by atoms with Crippen molar-refractivity contribution in [3.63, 3.8) is 0 Å². The van der Waals surface area contributed by atoms with E-state index < -0.39 is 15.5 Å². The van der Waals surface area contributed by atoms with Gasteiger partial charge in [0.05, 0.1) is 30.1 Å². The normalized spacial score (nSPS) is 11.7. The van der Waals surface area contributed by atoms with Gasteiger partial charge in [0.2, 0.25) is 0 Å². The summed E-state index contributed by atoms with van der Waals surface area (Å²) in [6.45, 7) is 0. The zero-order valence-corrected chi connectivity index (χ0v) is 12.6. The van der Waals surface area contributed by atoms with Gasteiger partial charge in [0.25, 0.3) is 0 Å². The number of hydrogen-bond donors (Lipinski definition) is 1. The molecule has 3 aromatic rings. The third-order valence-corrected chi connectivity index (χ3v) is 4.23. The van der Waals surface area contributed by atoms with E-state index in [1.807, 2.05) is 0 Å². The average molecular weight is 320 g/mol. The van der Waals surface area contributed by atoms with Crippen molar-refractivity contribution in [2.24, 2.45) is 0 Å². The lowest BCUT2D eigenvalue weighted by molar-refractivity contribution is 0.415. The summed E-state index contributed by atoms with van der Waals surface area (Å²) < 4.78 is 29.9. The van der Waals surface area contributed by atoms with E-state index in [2.05, 4.69) is 15.1 Å². The lowest BCUT2D eigenvalue weighted by Crippen LogP contribution is -2.13. The van der Waals surface area contributed by atoms with Crippen molar-refractivity contribution >= 4 is 15.5 Å². The number of rotatable bonds is 3. The first-order valence-corrected chi connectivity index (χ1v) is 8.10. The van der Waals surface area contributed by atoms with Crippen molar-refractivity contribution in [1.82, 2.24) is 19.6 Å². The van der Waals surface area contributed by atoms with Gasteiger partial charge in [0, 0.05) is 11.8 Å². The number of hydrogen-bond acceptors (Lipinski definition) is 6. The van der Waals surface area contributed by atoms with Gasteiger partial charge >= 0.3 is 5.69 Å². The summed E-state index contributed by atoms with van der Waals surface area (Å²) in [7, 11) is -1.88. The minimum absolute atomic E-state index is 0.159. The maximum Gasteiger partial charge on any atom is 0.360 e. The van der Waals surface area contributed by atoms with Crippen LogP contribution < -0.4 is 10.4 Å². The monoisotopic (exact) mass is 320 g/mol. The van der Waals surface area contributed by atoms with Crippen molar-refractivity contribution in [2.75, 3.05) is 13.4 Å². The fourth-order valence-electron chi connectivity index (χ4n) is 2.07. The summed E-state index contributed by atoms with van der Waals surface area (Å²) in [5, 5.41) is 2.50. The molecule has 0 fully saturated rings. The largest absolute Gasteiger partial charge is 0.496 e. The Morgan fingerprint density at radius 3 is 2.77 bits per heavy atom. The molecule has 9 heteroatoms. The van der Waals surface area contributed by atoms with Crippen LogP contribution in [0.3, 0.4) is 0 Å². The van der Waals surface area contributed by atoms with Gasteiger partial charge in [0.15, 0.2) is 15.5 Å². The first-order chi connectivity index (χ1) is 10.4. The molecule has 3 rings (SSSR count). The molecule has 0 aliphatic heterocycles. The summed E-state index contributed by atoms with van der Waals surface area (Å²) >= 11 is 0. The van der Waals surface area contributed by atoms with Crippen LogP contribution in [-0.4, -0.2) is 41.4 Å². The molecule has 0 saturated carbocycles. The highest BCUT2D eigenvalue weighted by atomic mass is 32.2. The highest BCUT2D eigenvalue weighted by molar-refractivity contribution is 7.90. The Kier molecular flexibility index (Phi) is 3.21. The Bertz CT molecular complexity index is 1020. The van der Waals surface area contributed by atoms with Crippen LogP contribution in [0.5, 0.6) is 5.75 Å². The SMILES string of the molecule is COc1cc(S(C)(=O)=O)ccc1-c1cn2[nH]c(=O)ncc2n1. The van der Waals surface area contributed by atoms with Gasteiger partial charge in [-0.05, 0) is 18.2 Å². The van der Waals surface area contributed by atoms with Gasteiger partial charge in [-0.25, -0.2) is 27.8 Å². The van der Waals surface area contributed by atoms with E-state index in [-0.39, 0.29) is 4.90 Å².